The number of benzene rings is 1. The maximum atomic E-state index is 14.5. The van der Waals surface area contributed by atoms with Crippen LogP contribution in [0.25, 0.3) is 22.3 Å². The molecule has 2 heterocycles. The maximum absolute atomic E-state index is 14.5. The van der Waals surface area contributed by atoms with Crippen LogP contribution < -0.4 is 15.1 Å². The molecule has 0 amide bonds. The van der Waals surface area contributed by atoms with E-state index in [1.54, 1.807) is 12.1 Å². The molecule has 0 aliphatic heterocycles. The van der Waals surface area contributed by atoms with Gasteiger partial charge in [-0.2, -0.15) is 0 Å². The third kappa shape index (κ3) is 10.9. The lowest BCUT2D eigenvalue weighted by molar-refractivity contribution is -0.274. The Morgan fingerprint density at radius 3 is 2.23 bits per heavy atom. The summed E-state index contributed by atoms with van der Waals surface area (Å²) in [6.45, 7) is 8.58. The largest absolute Gasteiger partial charge is 0.573 e. The van der Waals surface area contributed by atoms with Gasteiger partial charge in [-0.15, -0.1) is 13.2 Å². The fourth-order valence-corrected chi connectivity index (χ4v) is 7.35. The first-order valence-corrected chi connectivity index (χ1v) is 17.6. The second-order valence-electron chi connectivity index (χ2n) is 10.7. The lowest BCUT2D eigenvalue weighted by Crippen LogP contribution is -2.39. The molecule has 0 radical (unpaired) electrons. The van der Waals surface area contributed by atoms with Crippen LogP contribution in [-0.2, 0) is 15.3 Å². The summed E-state index contributed by atoms with van der Waals surface area (Å²) in [5.74, 6) is -3.29. The monoisotopic (exact) mass is 648 g/mol. The van der Waals surface area contributed by atoms with Crippen molar-refractivity contribution in [2.45, 2.75) is 97.0 Å². The number of halogens is 5. The molecule has 3 aromatic rings. The lowest BCUT2D eigenvalue weighted by Gasteiger charge is -2.26. The van der Waals surface area contributed by atoms with Gasteiger partial charge in [-0.05, 0) is 63.9 Å². The summed E-state index contributed by atoms with van der Waals surface area (Å²) < 4.78 is 100. The first kappa shape index (κ1) is 35.6. The molecule has 0 saturated carbocycles. The third-order valence-electron chi connectivity index (χ3n) is 6.98. The number of alkyl halides is 5. The van der Waals surface area contributed by atoms with Crippen LogP contribution in [-0.4, -0.2) is 40.7 Å². The van der Waals surface area contributed by atoms with Gasteiger partial charge in [0.25, 0.3) is 0 Å². The van der Waals surface area contributed by atoms with Crippen molar-refractivity contribution in [3.05, 3.63) is 46.5 Å². The van der Waals surface area contributed by atoms with Crippen LogP contribution in [0.15, 0.2) is 44.0 Å². The fourth-order valence-electron chi connectivity index (χ4n) is 4.93. The lowest BCUT2D eigenvalue weighted by atomic mass is 10.1. The average Bonchev–Trinajstić information content (AvgIpc) is 3.31. The molecule has 0 bridgehead atoms. The van der Waals surface area contributed by atoms with E-state index >= 15 is 0 Å². The SMILES string of the molecule is CCCCCc1cc(OC(F)(F)F)c(-c2cc3ccc(OCCCC(F)(F)CCC[Si](C)(OCC)OCC)cc3oc2=O)o1. The zero-order valence-corrected chi connectivity index (χ0v) is 26.6. The summed E-state index contributed by atoms with van der Waals surface area (Å²) in [5, 5.41) is 0.398. The van der Waals surface area contributed by atoms with E-state index in [1.165, 1.54) is 12.1 Å². The molecular weight excluding hydrogens is 607 g/mol. The van der Waals surface area contributed by atoms with E-state index in [0.29, 0.717) is 49.7 Å². The normalized spacial score (nSPS) is 12.7. The molecule has 2 aromatic heterocycles. The van der Waals surface area contributed by atoms with Gasteiger partial charge in [-0.1, -0.05) is 19.8 Å². The van der Waals surface area contributed by atoms with Gasteiger partial charge in [0.1, 0.15) is 22.7 Å². The smallest absolute Gasteiger partial charge is 0.493 e. The molecular formula is C31H41F5O7Si. The maximum Gasteiger partial charge on any atom is 0.573 e. The second-order valence-corrected chi connectivity index (χ2v) is 14.1. The molecule has 0 saturated heterocycles. The van der Waals surface area contributed by atoms with E-state index in [9.17, 15) is 26.7 Å². The summed E-state index contributed by atoms with van der Waals surface area (Å²) in [6.07, 6.45) is -2.36. The standard InChI is InChI=1S/C31H41F5O7Si/c1-5-8-9-12-24-21-27(43-31(34,35)36)28(41-24)25-19-22-13-14-23(20-26(22)42-29(25)37)38-17-10-15-30(32,33)16-11-18-44(4,39-6-2)40-7-3/h13-14,19-21H,5-12,15-18H2,1-4H3. The molecule has 3 rings (SSSR count). The zero-order chi connectivity index (χ0) is 32.4. The molecule has 0 spiro atoms. The highest BCUT2D eigenvalue weighted by Gasteiger charge is 2.35. The third-order valence-corrected chi connectivity index (χ3v) is 10.0. The van der Waals surface area contributed by atoms with E-state index in [0.717, 1.165) is 18.9 Å². The fraction of sp³-hybridized carbons (Fsp3) is 0.581. The Balaban J connectivity index is 1.63. The summed E-state index contributed by atoms with van der Waals surface area (Å²) in [6, 6.07) is 7.53. The van der Waals surface area contributed by atoms with Crippen LogP contribution in [0.2, 0.25) is 12.6 Å². The van der Waals surface area contributed by atoms with Crippen LogP contribution in [0.4, 0.5) is 22.0 Å². The molecule has 44 heavy (non-hydrogen) atoms. The number of fused-ring (bicyclic) bond motifs is 1. The van der Waals surface area contributed by atoms with Crippen molar-refractivity contribution in [1.29, 1.82) is 0 Å². The number of ether oxygens (including phenoxy) is 2. The quantitative estimate of drug-likeness (QED) is 0.0555. The molecule has 0 fully saturated rings. The molecule has 0 atom stereocenters. The molecule has 7 nitrogen and oxygen atoms in total. The van der Waals surface area contributed by atoms with Crippen molar-refractivity contribution in [2.24, 2.45) is 0 Å². The highest BCUT2D eigenvalue weighted by atomic mass is 28.4. The van der Waals surface area contributed by atoms with Gasteiger partial charge in [0, 0.05) is 50.0 Å². The molecule has 13 heteroatoms. The number of aryl methyl sites for hydroxylation is 1. The van der Waals surface area contributed by atoms with Crippen LogP contribution in [0, 0.1) is 0 Å². The Morgan fingerprint density at radius 2 is 1.57 bits per heavy atom. The number of unbranched alkanes of at least 4 members (excludes halogenated alkanes) is 2. The highest BCUT2D eigenvalue weighted by Crippen LogP contribution is 2.37. The molecule has 1 aromatic carbocycles. The number of hydrogen-bond acceptors (Lipinski definition) is 7. The molecule has 246 valence electrons. The van der Waals surface area contributed by atoms with Crippen molar-refractivity contribution in [3.63, 3.8) is 0 Å². The van der Waals surface area contributed by atoms with E-state index in [-0.39, 0.29) is 48.5 Å². The van der Waals surface area contributed by atoms with Crippen LogP contribution in [0.3, 0.4) is 0 Å². The van der Waals surface area contributed by atoms with Crippen molar-refractivity contribution in [3.8, 4) is 22.8 Å². The van der Waals surface area contributed by atoms with Gasteiger partial charge in [0.15, 0.2) is 11.5 Å². The Morgan fingerprint density at radius 1 is 0.864 bits per heavy atom. The number of rotatable bonds is 19. The minimum atomic E-state index is -4.98. The molecule has 0 aliphatic rings. The minimum Gasteiger partial charge on any atom is -0.493 e. The van der Waals surface area contributed by atoms with Crippen molar-refractivity contribution in [1.82, 2.24) is 0 Å². The predicted molar refractivity (Wildman–Crippen MR) is 159 cm³/mol. The Labute approximate surface area is 254 Å². The predicted octanol–water partition coefficient (Wildman–Crippen LogP) is 9.40. The topological polar surface area (TPSA) is 80.3 Å². The van der Waals surface area contributed by atoms with E-state index < -0.39 is 32.2 Å². The van der Waals surface area contributed by atoms with Gasteiger partial charge in [-0.25, -0.2) is 13.6 Å². The highest BCUT2D eigenvalue weighted by molar-refractivity contribution is 6.66. The van der Waals surface area contributed by atoms with E-state index in [4.69, 9.17) is 22.4 Å². The van der Waals surface area contributed by atoms with Gasteiger partial charge < -0.3 is 27.2 Å². The van der Waals surface area contributed by atoms with Gasteiger partial charge in [0.05, 0.1) is 6.61 Å². The number of furan rings is 1. The van der Waals surface area contributed by atoms with E-state index in [1.807, 2.05) is 27.3 Å². The minimum absolute atomic E-state index is 0.0130. The van der Waals surface area contributed by atoms with Crippen molar-refractivity contribution >= 4 is 19.5 Å². The van der Waals surface area contributed by atoms with Gasteiger partial charge in [0.2, 0.25) is 5.92 Å². The van der Waals surface area contributed by atoms with E-state index in [2.05, 4.69) is 4.74 Å². The van der Waals surface area contributed by atoms with Crippen LogP contribution in [0.1, 0.15) is 71.5 Å². The molecule has 0 aliphatic carbocycles. The average molecular weight is 649 g/mol. The Kier molecular flexibility index (Phi) is 12.9. The summed E-state index contributed by atoms with van der Waals surface area (Å²) in [5.41, 5.74) is -1.03. The zero-order valence-electron chi connectivity index (χ0n) is 25.6. The number of hydrogen-bond donors (Lipinski definition) is 0. The van der Waals surface area contributed by atoms with Crippen LogP contribution >= 0.6 is 0 Å². The first-order chi connectivity index (χ1) is 20.8. The molecule has 0 unspecified atom stereocenters. The van der Waals surface area contributed by atoms with Crippen molar-refractivity contribution < 1.29 is 49.1 Å². The van der Waals surface area contributed by atoms with Crippen molar-refractivity contribution in [2.75, 3.05) is 19.8 Å². The van der Waals surface area contributed by atoms with Gasteiger partial charge >= 0.3 is 20.5 Å². The first-order valence-electron chi connectivity index (χ1n) is 15.0. The van der Waals surface area contributed by atoms with Crippen LogP contribution in [0.5, 0.6) is 11.5 Å². The Hall–Kier alpha value is -2.90. The summed E-state index contributed by atoms with van der Waals surface area (Å²) in [7, 11) is -2.44. The van der Waals surface area contributed by atoms with Gasteiger partial charge in [-0.3, -0.25) is 0 Å². The second kappa shape index (κ2) is 15.9. The molecule has 0 N–H and O–H groups in total. The summed E-state index contributed by atoms with van der Waals surface area (Å²) >= 11 is 0. The summed E-state index contributed by atoms with van der Waals surface area (Å²) in [4.78, 5) is 12.8. The Bertz CT molecular complexity index is 1380.